The lowest BCUT2D eigenvalue weighted by Crippen LogP contribution is -2.07. The van der Waals surface area contributed by atoms with Gasteiger partial charge in [-0.25, -0.2) is 0 Å². The maximum atomic E-state index is 13.0. The third-order valence-corrected chi connectivity index (χ3v) is 2.89. The number of aromatic nitrogens is 1. The molecule has 21 heavy (non-hydrogen) atoms. The van der Waals surface area contributed by atoms with Gasteiger partial charge in [0.2, 0.25) is 0 Å². The van der Waals surface area contributed by atoms with Gasteiger partial charge in [-0.3, -0.25) is 9.78 Å². The zero-order valence-corrected chi connectivity index (χ0v) is 11.2. The van der Waals surface area contributed by atoms with Crippen molar-refractivity contribution in [3.05, 3.63) is 65.5 Å². The predicted octanol–water partition coefficient (Wildman–Crippen LogP) is 4.23. The second-order valence-corrected chi connectivity index (χ2v) is 4.41. The Kier molecular flexibility index (Phi) is 4.21. The summed E-state index contributed by atoms with van der Waals surface area (Å²) >= 11 is 0. The molecule has 5 heteroatoms. The molecular weight excluding hydrogens is 279 g/mol. The summed E-state index contributed by atoms with van der Waals surface area (Å²) in [5.41, 5.74) is -0.338. The summed E-state index contributed by atoms with van der Waals surface area (Å²) in [7, 11) is 0. The quantitative estimate of drug-likeness (QED) is 0.792. The largest absolute Gasteiger partial charge is 0.416 e. The van der Waals surface area contributed by atoms with Crippen LogP contribution in [0, 0.1) is 0 Å². The number of halogens is 3. The van der Waals surface area contributed by atoms with Gasteiger partial charge in [0.15, 0.2) is 5.78 Å². The summed E-state index contributed by atoms with van der Waals surface area (Å²) in [5.74, 6) is -0.342. The van der Waals surface area contributed by atoms with Gasteiger partial charge in [-0.15, -0.1) is 0 Å². The monoisotopic (exact) mass is 291 g/mol. The van der Waals surface area contributed by atoms with Crippen LogP contribution in [-0.4, -0.2) is 10.8 Å². The lowest BCUT2D eigenvalue weighted by Gasteiger charge is -2.11. The van der Waals surface area contributed by atoms with Gasteiger partial charge in [0.1, 0.15) is 0 Å². The maximum Gasteiger partial charge on any atom is 0.416 e. The average Bonchev–Trinajstić information content (AvgIpc) is 2.44. The lowest BCUT2D eigenvalue weighted by atomic mass is 10.0. The van der Waals surface area contributed by atoms with Crippen LogP contribution in [0.5, 0.6) is 0 Å². The zero-order valence-electron chi connectivity index (χ0n) is 11.2. The van der Waals surface area contributed by atoms with Crippen molar-refractivity contribution in [1.82, 2.24) is 4.98 Å². The second kappa shape index (κ2) is 5.91. The van der Waals surface area contributed by atoms with Crippen LogP contribution < -0.4 is 0 Å². The van der Waals surface area contributed by atoms with E-state index in [0.717, 1.165) is 6.07 Å². The molecule has 0 saturated heterocycles. The predicted molar refractivity (Wildman–Crippen MR) is 74.2 cm³/mol. The van der Waals surface area contributed by atoms with E-state index in [1.807, 2.05) is 0 Å². The molecule has 0 bridgehead atoms. The molecule has 0 fully saturated rings. The molecule has 0 aliphatic heterocycles. The number of rotatable bonds is 3. The molecule has 108 valence electrons. The Morgan fingerprint density at radius 1 is 1.10 bits per heavy atom. The molecule has 1 heterocycles. The highest BCUT2D eigenvalue weighted by atomic mass is 19.4. The number of carbonyl (C=O) groups is 1. The van der Waals surface area contributed by atoms with Gasteiger partial charge in [-0.2, -0.15) is 13.2 Å². The molecule has 2 rings (SSSR count). The number of allylic oxidation sites excluding steroid dienone is 1. The Labute approximate surface area is 120 Å². The molecule has 0 unspecified atom stereocenters. The number of Topliss-reactive ketones (excluding diaryl/α,β-unsaturated/α-hetero) is 1. The van der Waals surface area contributed by atoms with Crippen molar-refractivity contribution in [2.24, 2.45) is 0 Å². The van der Waals surface area contributed by atoms with Crippen molar-refractivity contribution in [2.75, 3.05) is 0 Å². The van der Waals surface area contributed by atoms with Crippen molar-refractivity contribution in [1.29, 1.82) is 0 Å². The SMILES string of the molecule is CC(=O)/C(=C\c1ccccc1C(F)(F)F)c1ccccn1. The van der Waals surface area contributed by atoms with Crippen LogP contribution in [0.25, 0.3) is 11.6 Å². The van der Waals surface area contributed by atoms with Gasteiger partial charge >= 0.3 is 6.18 Å². The first-order valence-electron chi connectivity index (χ1n) is 6.20. The summed E-state index contributed by atoms with van der Waals surface area (Å²) in [4.78, 5) is 15.7. The Morgan fingerprint density at radius 3 is 2.33 bits per heavy atom. The fourth-order valence-electron chi connectivity index (χ4n) is 1.91. The number of hydrogen-bond donors (Lipinski definition) is 0. The summed E-state index contributed by atoms with van der Waals surface area (Å²) in [6.07, 6.45) is -1.76. The van der Waals surface area contributed by atoms with E-state index >= 15 is 0 Å². The van der Waals surface area contributed by atoms with Crippen LogP contribution in [0.1, 0.15) is 23.7 Å². The molecular formula is C16H12F3NO. The molecule has 0 saturated carbocycles. The standard InChI is InChI=1S/C16H12F3NO/c1-11(21)13(15-8-4-5-9-20-15)10-12-6-2-3-7-14(12)16(17,18)19/h2-10H,1H3/b13-10+. The van der Waals surface area contributed by atoms with Crippen molar-refractivity contribution >= 4 is 17.4 Å². The van der Waals surface area contributed by atoms with E-state index in [1.54, 1.807) is 18.2 Å². The number of nitrogens with zero attached hydrogens (tertiary/aromatic N) is 1. The highest BCUT2D eigenvalue weighted by Crippen LogP contribution is 2.33. The van der Waals surface area contributed by atoms with E-state index in [9.17, 15) is 18.0 Å². The molecule has 0 N–H and O–H groups in total. The van der Waals surface area contributed by atoms with E-state index < -0.39 is 11.7 Å². The first-order chi connectivity index (χ1) is 9.89. The van der Waals surface area contributed by atoms with E-state index in [-0.39, 0.29) is 16.9 Å². The van der Waals surface area contributed by atoms with Crippen LogP contribution in [0.4, 0.5) is 13.2 Å². The summed E-state index contributed by atoms with van der Waals surface area (Å²) in [6.45, 7) is 1.30. The Hall–Kier alpha value is -2.43. The van der Waals surface area contributed by atoms with Crippen molar-refractivity contribution < 1.29 is 18.0 Å². The lowest BCUT2D eigenvalue weighted by molar-refractivity contribution is -0.137. The summed E-state index contributed by atoms with van der Waals surface area (Å²) in [5, 5.41) is 0. The third-order valence-electron chi connectivity index (χ3n) is 2.89. The van der Waals surface area contributed by atoms with E-state index in [0.29, 0.717) is 5.69 Å². The minimum absolute atomic E-state index is 0.0548. The first-order valence-corrected chi connectivity index (χ1v) is 6.20. The third kappa shape index (κ3) is 3.56. The average molecular weight is 291 g/mol. The van der Waals surface area contributed by atoms with Crippen LogP contribution in [0.3, 0.4) is 0 Å². The van der Waals surface area contributed by atoms with Crippen LogP contribution in [-0.2, 0) is 11.0 Å². The molecule has 0 aliphatic rings. The first kappa shape index (κ1) is 15.0. The van der Waals surface area contributed by atoms with Crippen LogP contribution in [0.15, 0.2) is 48.7 Å². The summed E-state index contributed by atoms with van der Waals surface area (Å²) < 4.78 is 38.9. The van der Waals surface area contributed by atoms with E-state index in [4.69, 9.17) is 0 Å². The minimum atomic E-state index is -4.47. The smallest absolute Gasteiger partial charge is 0.294 e. The van der Waals surface area contributed by atoms with Gasteiger partial charge in [-0.1, -0.05) is 24.3 Å². The fraction of sp³-hybridized carbons (Fsp3) is 0.125. The fourth-order valence-corrected chi connectivity index (χ4v) is 1.91. The Morgan fingerprint density at radius 2 is 1.76 bits per heavy atom. The van der Waals surface area contributed by atoms with Gasteiger partial charge < -0.3 is 0 Å². The van der Waals surface area contributed by atoms with Crippen LogP contribution >= 0.6 is 0 Å². The minimum Gasteiger partial charge on any atom is -0.294 e. The number of alkyl halides is 3. The van der Waals surface area contributed by atoms with E-state index in [2.05, 4.69) is 4.98 Å². The van der Waals surface area contributed by atoms with Gasteiger partial charge in [0.05, 0.1) is 11.3 Å². The Bertz CT molecular complexity index is 675. The number of ketones is 1. The molecule has 0 radical (unpaired) electrons. The van der Waals surface area contributed by atoms with Crippen molar-refractivity contribution in [3.8, 4) is 0 Å². The topological polar surface area (TPSA) is 30.0 Å². The highest BCUT2D eigenvalue weighted by molar-refractivity contribution is 6.23. The molecule has 2 nitrogen and oxygen atoms in total. The van der Waals surface area contributed by atoms with Gasteiger partial charge in [0, 0.05) is 11.8 Å². The Balaban J connectivity index is 2.58. The molecule has 0 aliphatic carbocycles. The van der Waals surface area contributed by atoms with Crippen molar-refractivity contribution in [2.45, 2.75) is 13.1 Å². The van der Waals surface area contributed by atoms with Crippen molar-refractivity contribution in [3.63, 3.8) is 0 Å². The van der Waals surface area contributed by atoms with Gasteiger partial charge in [0.25, 0.3) is 0 Å². The molecule has 0 amide bonds. The maximum absolute atomic E-state index is 13.0. The van der Waals surface area contributed by atoms with Crippen LogP contribution in [0.2, 0.25) is 0 Å². The number of carbonyl (C=O) groups excluding carboxylic acids is 1. The molecule has 1 aromatic heterocycles. The highest BCUT2D eigenvalue weighted by Gasteiger charge is 2.32. The second-order valence-electron chi connectivity index (χ2n) is 4.41. The number of benzene rings is 1. The normalized spacial score (nSPS) is 12.3. The molecule has 0 spiro atoms. The molecule has 1 aromatic carbocycles. The van der Waals surface area contributed by atoms with Gasteiger partial charge in [-0.05, 0) is 36.8 Å². The molecule has 2 aromatic rings. The van der Waals surface area contributed by atoms with E-state index in [1.165, 1.54) is 37.4 Å². The summed E-state index contributed by atoms with van der Waals surface area (Å²) in [6, 6.07) is 10.1. The zero-order chi connectivity index (χ0) is 15.5. The number of pyridine rings is 1. The molecule has 0 atom stereocenters. The number of hydrogen-bond acceptors (Lipinski definition) is 2.